The van der Waals surface area contributed by atoms with Crippen LogP contribution >= 0.6 is 0 Å². The van der Waals surface area contributed by atoms with Crippen LogP contribution in [0.15, 0.2) is 60.6 Å². The summed E-state index contributed by atoms with van der Waals surface area (Å²) in [6.45, 7) is 8.89. The molecule has 0 saturated carbocycles. The molecule has 33 heavy (non-hydrogen) atoms. The molecule has 2 fully saturated rings. The predicted molar refractivity (Wildman–Crippen MR) is 125 cm³/mol. The Bertz CT molecular complexity index is 1210. The molecular weight excluding hydrogens is 420 g/mol. The molecule has 1 aromatic carbocycles. The Morgan fingerprint density at radius 3 is 2.97 bits per heavy atom. The molecule has 0 spiro atoms. The van der Waals surface area contributed by atoms with Gasteiger partial charge in [0.1, 0.15) is 18.2 Å². The van der Waals surface area contributed by atoms with Gasteiger partial charge in [-0.3, -0.25) is 9.69 Å². The zero-order valence-corrected chi connectivity index (χ0v) is 18.3. The molecule has 2 aliphatic heterocycles. The standard InChI is InChI=1S/C24H26N6O3/c1-17-18(14-23(31)26-17)13-19-16-25-30-6-5-22(28-24(19)30)27-20-3-2-4-21(15-20)33-12-9-29-7-10-32-11-8-29/h2-6,13,15-16H,1,7-12,14H2,(H,26,31)(H,27,28)/b18-13+. The maximum absolute atomic E-state index is 11.6. The molecule has 0 radical (unpaired) electrons. The van der Waals surface area contributed by atoms with Crippen LogP contribution in [0.1, 0.15) is 12.0 Å². The lowest BCUT2D eigenvalue weighted by Gasteiger charge is -2.26. The highest BCUT2D eigenvalue weighted by Crippen LogP contribution is 2.24. The molecule has 170 valence electrons. The Morgan fingerprint density at radius 1 is 1.27 bits per heavy atom. The minimum absolute atomic E-state index is 0.0508. The van der Waals surface area contributed by atoms with Crippen molar-refractivity contribution in [2.75, 3.05) is 44.8 Å². The van der Waals surface area contributed by atoms with Gasteiger partial charge in [0, 0.05) is 48.8 Å². The lowest BCUT2D eigenvalue weighted by atomic mass is 10.1. The van der Waals surface area contributed by atoms with Gasteiger partial charge in [-0.15, -0.1) is 0 Å². The molecule has 0 bridgehead atoms. The van der Waals surface area contributed by atoms with E-state index in [1.807, 2.05) is 42.6 Å². The van der Waals surface area contributed by atoms with Crippen LogP contribution in [-0.2, 0) is 9.53 Å². The summed E-state index contributed by atoms with van der Waals surface area (Å²) in [5, 5.41) is 10.4. The van der Waals surface area contributed by atoms with Crippen LogP contribution < -0.4 is 15.4 Å². The Labute approximate surface area is 191 Å². The van der Waals surface area contributed by atoms with Gasteiger partial charge in [0.25, 0.3) is 0 Å². The maximum Gasteiger partial charge on any atom is 0.228 e. The third-order valence-electron chi connectivity index (χ3n) is 5.64. The number of aromatic nitrogens is 3. The summed E-state index contributed by atoms with van der Waals surface area (Å²) in [5.74, 6) is 1.44. The molecule has 0 atom stereocenters. The first-order valence-electron chi connectivity index (χ1n) is 11.0. The monoisotopic (exact) mass is 446 g/mol. The van der Waals surface area contributed by atoms with E-state index in [9.17, 15) is 4.79 Å². The number of nitrogens with one attached hydrogen (secondary N) is 2. The quantitative estimate of drug-likeness (QED) is 0.576. The third-order valence-corrected chi connectivity index (χ3v) is 5.64. The van der Waals surface area contributed by atoms with Gasteiger partial charge in [-0.05, 0) is 29.8 Å². The maximum atomic E-state index is 11.6. The number of allylic oxidation sites excluding steroid dienone is 1. The number of ether oxygens (including phenoxy) is 2. The van der Waals surface area contributed by atoms with Crippen molar-refractivity contribution in [1.82, 2.24) is 24.8 Å². The second-order valence-corrected chi connectivity index (χ2v) is 8.01. The fourth-order valence-electron chi connectivity index (χ4n) is 3.89. The number of fused-ring (bicyclic) bond motifs is 1. The molecule has 9 heteroatoms. The number of carbonyl (C=O) groups excluding carboxylic acids is 1. The lowest BCUT2D eigenvalue weighted by Crippen LogP contribution is -2.38. The van der Waals surface area contributed by atoms with Crippen LogP contribution in [0, 0.1) is 0 Å². The van der Waals surface area contributed by atoms with Crippen LogP contribution in [0.4, 0.5) is 11.5 Å². The first-order chi connectivity index (χ1) is 16.1. The highest BCUT2D eigenvalue weighted by Gasteiger charge is 2.19. The van der Waals surface area contributed by atoms with Crippen LogP contribution in [0.5, 0.6) is 5.75 Å². The van der Waals surface area contributed by atoms with Crippen molar-refractivity contribution in [2.24, 2.45) is 0 Å². The van der Waals surface area contributed by atoms with Crippen molar-refractivity contribution in [2.45, 2.75) is 6.42 Å². The van der Waals surface area contributed by atoms with Crippen LogP contribution in [-0.4, -0.2) is 64.9 Å². The number of hydrogen-bond donors (Lipinski definition) is 2. The Hall–Kier alpha value is -3.69. The smallest absolute Gasteiger partial charge is 0.228 e. The number of morpholine rings is 1. The Morgan fingerprint density at radius 2 is 2.15 bits per heavy atom. The van der Waals surface area contributed by atoms with E-state index < -0.39 is 0 Å². The van der Waals surface area contributed by atoms with E-state index in [1.165, 1.54) is 0 Å². The van der Waals surface area contributed by atoms with Crippen LogP contribution in [0.2, 0.25) is 0 Å². The molecule has 1 amide bonds. The molecule has 2 saturated heterocycles. The summed E-state index contributed by atoms with van der Waals surface area (Å²) in [5.41, 5.74) is 3.87. The normalized spacial score (nSPS) is 18.1. The predicted octanol–water partition coefficient (Wildman–Crippen LogP) is 2.60. The van der Waals surface area contributed by atoms with E-state index in [2.05, 4.69) is 27.2 Å². The minimum Gasteiger partial charge on any atom is -0.492 e. The summed E-state index contributed by atoms with van der Waals surface area (Å²) in [6.07, 6.45) is 5.80. The second-order valence-electron chi connectivity index (χ2n) is 8.01. The van der Waals surface area contributed by atoms with Gasteiger partial charge in [-0.25, -0.2) is 9.50 Å². The Balaban J connectivity index is 1.27. The first-order valence-corrected chi connectivity index (χ1v) is 11.0. The van der Waals surface area contributed by atoms with E-state index in [1.54, 1.807) is 10.7 Å². The molecular formula is C24H26N6O3. The fraction of sp³-hybridized carbons (Fsp3) is 0.292. The number of nitrogens with zero attached hydrogens (tertiary/aromatic N) is 4. The number of hydrogen-bond acceptors (Lipinski definition) is 7. The number of benzene rings is 1. The van der Waals surface area contributed by atoms with Gasteiger partial charge in [-0.2, -0.15) is 5.10 Å². The van der Waals surface area contributed by atoms with Crippen LogP contribution in [0.3, 0.4) is 0 Å². The van der Waals surface area contributed by atoms with Crippen molar-refractivity contribution in [3.63, 3.8) is 0 Å². The average molecular weight is 447 g/mol. The molecule has 2 N–H and O–H groups in total. The number of rotatable bonds is 7. The topological polar surface area (TPSA) is 93.0 Å². The van der Waals surface area contributed by atoms with Gasteiger partial charge in [0.2, 0.25) is 5.91 Å². The third kappa shape index (κ3) is 5.05. The molecule has 0 aliphatic carbocycles. The van der Waals surface area contributed by atoms with E-state index in [0.29, 0.717) is 30.2 Å². The second kappa shape index (κ2) is 9.43. The van der Waals surface area contributed by atoms with E-state index in [4.69, 9.17) is 14.5 Å². The molecule has 0 unspecified atom stereocenters. The number of amides is 1. The molecule has 2 aliphatic rings. The van der Waals surface area contributed by atoms with Crippen molar-refractivity contribution in [3.05, 3.63) is 66.1 Å². The summed E-state index contributed by atoms with van der Waals surface area (Å²) >= 11 is 0. The number of carbonyl (C=O) groups is 1. The summed E-state index contributed by atoms with van der Waals surface area (Å²) in [6, 6.07) is 9.70. The van der Waals surface area contributed by atoms with Gasteiger partial charge >= 0.3 is 0 Å². The van der Waals surface area contributed by atoms with Crippen molar-refractivity contribution >= 4 is 29.1 Å². The summed E-state index contributed by atoms with van der Waals surface area (Å²) in [7, 11) is 0. The molecule has 3 aromatic rings. The van der Waals surface area contributed by atoms with Crippen LogP contribution in [0.25, 0.3) is 11.7 Å². The summed E-state index contributed by atoms with van der Waals surface area (Å²) < 4.78 is 13.0. The van der Waals surface area contributed by atoms with Crippen molar-refractivity contribution in [1.29, 1.82) is 0 Å². The molecule has 2 aromatic heterocycles. The number of anilines is 2. The zero-order valence-electron chi connectivity index (χ0n) is 18.3. The van der Waals surface area contributed by atoms with Gasteiger partial charge in [0.05, 0.1) is 25.8 Å². The highest BCUT2D eigenvalue weighted by molar-refractivity contribution is 5.89. The van der Waals surface area contributed by atoms with E-state index in [0.717, 1.165) is 55.4 Å². The minimum atomic E-state index is -0.0508. The molecule has 4 heterocycles. The highest BCUT2D eigenvalue weighted by atomic mass is 16.5. The fourth-order valence-corrected chi connectivity index (χ4v) is 3.89. The Kier molecular flexibility index (Phi) is 6.05. The van der Waals surface area contributed by atoms with E-state index in [-0.39, 0.29) is 5.91 Å². The van der Waals surface area contributed by atoms with E-state index >= 15 is 0 Å². The summed E-state index contributed by atoms with van der Waals surface area (Å²) in [4.78, 5) is 18.7. The largest absolute Gasteiger partial charge is 0.492 e. The SMILES string of the molecule is C=C1NC(=O)C/C1=C\c1cnn2ccc(Nc3cccc(OCCN4CCOCC4)c3)nc12. The van der Waals surface area contributed by atoms with Gasteiger partial charge in [0.15, 0.2) is 5.65 Å². The van der Waals surface area contributed by atoms with Gasteiger partial charge in [-0.1, -0.05) is 12.6 Å². The van der Waals surface area contributed by atoms with Crippen molar-refractivity contribution < 1.29 is 14.3 Å². The zero-order chi connectivity index (χ0) is 22.6. The molecule has 9 nitrogen and oxygen atoms in total. The molecule has 5 rings (SSSR count). The first kappa shape index (κ1) is 21.2. The van der Waals surface area contributed by atoms with Crippen molar-refractivity contribution in [3.8, 4) is 5.75 Å². The van der Waals surface area contributed by atoms with Gasteiger partial charge < -0.3 is 20.1 Å². The lowest BCUT2D eigenvalue weighted by molar-refractivity contribution is -0.118. The average Bonchev–Trinajstić information content (AvgIpc) is 3.36.